The Morgan fingerprint density at radius 3 is 2.53 bits per heavy atom. The average molecular weight is 423 g/mol. The number of rotatable bonds is 4. The van der Waals surface area contributed by atoms with Crippen LogP contribution < -0.4 is 16.2 Å². The maximum absolute atomic E-state index is 6.63. The molecule has 5 nitrogen and oxygen atoms in total. The summed E-state index contributed by atoms with van der Waals surface area (Å²) in [6, 6.07) is 13.6. The average Bonchev–Trinajstić information content (AvgIpc) is 2.76. The van der Waals surface area contributed by atoms with Gasteiger partial charge in [-0.05, 0) is 60.7 Å². The quantitative estimate of drug-likeness (QED) is 0.640. The first kappa shape index (κ1) is 20.8. The van der Waals surface area contributed by atoms with Crippen LogP contribution in [0.3, 0.4) is 0 Å². The van der Waals surface area contributed by atoms with Crippen molar-refractivity contribution in [1.29, 1.82) is 0 Å². The Balaban J connectivity index is 1.78. The molecule has 156 valence electrons. The molecule has 4 unspecified atom stereocenters. The summed E-state index contributed by atoms with van der Waals surface area (Å²) in [4.78, 5) is 9.69. The van der Waals surface area contributed by atoms with Gasteiger partial charge in [-0.15, -0.1) is 0 Å². The lowest BCUT2D eigenvalue weighted by Crippen LogP contribution is -2.48. The van der Waals surface area contributed by atoms with Crippen molar-refractivity contribution in [3.05, 3.63) is 64.6 Å². The SMILES string of the molecule is COc1ccc2nc(/C=C\c3ccc(Cl)cc3)nc(C3CCC(N)C(C)C3N)c2c1. The van der Waals surface area contributed by atoms with E-state index in [0.717, 1.165) is 40.8 Å². The highest BCUT2D eigenvalue weighted by atomic mass is 35.5. The zero-order valence-electron chi connectivity index (χ0n) is 17.3. The van der Waals surface area contributed by atoms with Crippen molar-refractivity contribution in [3.63, 3.8) is 0 Å². The van der Waals surface area contributed by atoms with E-state index in [1.54, 1.807) is 7.11 Å². The van der Waals surface area contributed by atoms with Crippen molar-refractivity contribution in [2.75, 3.05) is 7.11 Å². The predicted octanol–water partition coefficient (Wildman–Crippen LogP) is 4.63. The summed E-state index contributed by atoms with van der Waals surface area (Å²) in [6.45, 7) is 2.13. The molecule has 1 aromatic heterocycles. The lowest BCUT2D eigenvalue weighted by Gasteiger charge is -2.38. The monoisotopic (exact) mass is 422 g/mol. The lowest BCUT2D eigenvalue weighted by atomic mass is 9.73. The smallest absolute Gasteiger partial charge is 0.152 e. The van der Waals surface area contributed by atoms with Crippen LogP contribution in [-0.4, -0.2) is 29.2 Å². The minimum atomic E-state index is -0.0499. The second-order valence-electron chi connectivity index (χ2n) is 8.02. The van der Waals surface area contributed by atoms with Gasteiger partial charge >= 0.3 is 0 Å². The summed E-state index contributed by atoms with van der Waals surface area (Å²) >= 11 is 5.98. The van der Waals surface area contributed by atoms with Gasteiger partial charge in [0.25, 0.3) is 0 Å². The molecule has 0 bridgehead atoms. The summed E-state index contributed by atoms with van der Waals surface area (Å²) in [5, 5.41) is 1.70. The summed E-state index contributed by atoms with van der Waals surface area (Å²) in [5.74, 6) is 1.80. The maximum atomic E-state index is 6.63. The van der Waals surface area contributed by atoms with Crippen LogP contribution in [0.1, 0.15) is 42.8 Å². The van der Waals surface area contributed by atoms with Crippen molar-refractivity contribution in [2.45, 2.75) is 37.8 Å². The molecule has 0 saturated heterocycles. The summed E-state index contributed by atoms with van der Waals surface area (Å²) in [7, 11) is 1.67. The normalized spacial score (nSPS) is 24.4. The molecule has 4 atom stereocenters. The van der Waals surface area contributed by atoms with Gasteiger partial charge in [-0.25, -0.2) is 9.97 Å². The number of ether oxygens (including phenoxy) is 1. The fourth-order valence-corrected chi connectivity index (χ4v) is 4.30. The molecule has 0 radical (unpaired) electrons. The minimum Gasteiger partial charge on any atom is -0.497 e. The van der Waals surface area contributed by atoms with E-state index in [1.165, 1.54) is 0 Å². The molecule has 0 aliphatic heterocycles. The second kappa shape index (κ2) is 8.72. The van der Waals surface area contributed by atoms with Crippen LogP contribution in [0.4, 0.5) is 0 Å². The van der Waals surface area contributed by atoms with Crippen molar-refractivity contribution < 1.29 is 4.74 Å². The Bertz CT molecular complexity index is 1070. The highest BCUT2D eigenvalue weighted by Crippen LogP contribution is 2.37. The second-order valence-corrected chi connectivity index (χ2v) is 8.46. The molecule has 0 spiro atoms. The van der Waals surface area contributed by atoms with E-state index in [1.807, 2.05) is 54.6 Å². The number of nitrogens with zero attached hydrogens (tertiary/aromatic N) is 2. The molecule has 3 aromatic rings. The third-order valence-electron chi connectivity index (χ3n) is 6.15. The molecular formula is C24H27ClN4O. The molecule has 0 amide bonds. The lowest BCUT2D eigenvalue weighted by molar-refractivity contribution is 0.253. The summed E-state index contributed by atoms with van der Waals surface area (Å²) in [5.41, 5.74) is 15.8. The van der Waals surface area contributed by atoms with Gasteiger partial charge in [-0.2, -0.15) is 0 Å². The van der Waals surface area contributed by atoms with E-state index >= 15 is 0 Å². The molecule has 30 heavy (non-hydrogen) atoms. The van der Waals surface area contributed by atoms with E-state index in [2.05, 4.69) is 6.92 Å². The van der Waals surface area contributed by atoms with E-state index < -0.39 is 0 Å². The zero-order valence-corrected chi connectivity index (χ0v) is 18.0. The van der Waals surface area contributed by atoms with Crippen LogP contribution in [0.2, 0.25) is 5.02 Å². The predicted molar refractivity (Wildman–Crippen MR) is 124 cm³/mol. The number of halogens is 1. The molecule has 1 aliphatic rings. The first-order valence-corrected chi connectivity index (χ1v) is 10.6. The number of methoxy groups -OCH3 is 1. The van der Waals surface area contributed by atoms with Crippen LogP contribution in [-0.2, 0) is 0 Å². The molecule has 1 fully saturated rings. The molecule has 1 aliphatic carbocycles. The first-order chi connectivity index (χ1) is 14.5. The van der Waals surface area contributed by atoms with Crippen molar-refractivity contribution in [3.8, 4) is 5.75 Å². The van der Waals surface area contributed by atoms with E-state index in [4.69, 9.17) is 37.8 Å². The van der Waals surface area contributed by atoms with Gasteiger partial charge in [0.2, 0.25) is 0 Å². The number of aromatic nitrogens is 2. The topological polar surface area (TPSA) is 87.0 Å². The molecular weight excluding hydrogens is 396 g/mol. The van der Waals surface area contributed by atoms with Crippen LogP contribution in [0.15, 0.2) is 42.5 Å². The Kier molecular flexibility index (Phi) is 6.04. The molecule has 1 saturated carbocycles. The van der Waals surface area contributed by atoms with Crippen molar-refractivity contribution in [2.24, 2.45) is 17.4 Å². The minimum absolute atomic E-state index is 0.0499. The first-order valence-electron chi connectivity index (χ1n) is 10.3. The van der Waals surface area contributed by atoms with E-state index in [-0.39, 0.29) is 23.9 Å². The van der Waals surface area contributed by atoms with Crippen LogP contribution >= 0.6 is 11.6 Å². The highest BCUT2D eigenvalue weighted by Gasteiger charge is 2.35. The van der Waals surface area contributed by atoms with Crippen LogP contribution in [0, 0.1) is 5.92 Å². The van der Waals surface area contributed by atoms with Gasteiger partial charge in [0.15, 0.2) is 5.82 Å². The molecule has 4 N–H and O–H groups in total. The van der Waals surface area contributed by atoms with Crippen LogP contribution in [0.5, 0.6) is 5.75 Å². The third kappa shape index (κ3) is 4.19. The number of hydrogen-bond donors (Lipinski definition) is 2. The molecule has 2 aromatic carbocycles. The fraction of sp³-hybridized carbons (Fsp3) is 0.333. The van der Waals surface area contributed by atoms with Gasteiger partial charge in [0, 0.05) is 28.4 Å². The Hall–Kier alpha value is -2.47. The molecule has 6 heteroatoms. The van der Waals surface area contributed by atoms with Crippen molar-refractivity contribution in [1.82, 2.24) is 9.97 Å². The van der Waals surface area contributed by atoms with Gasteiger partial charge < -0.3 is 16.2 Å². The third-order valence-corrected chi connectivity index (χ3v) is 6.41. The Labute approximate surface area is 182 Å². The number of nitrogens with two attached hydrogens (primary N) is 2. The Morgan fingerprint density at radius 2 is 1.80 bits per heavy atom. The largest absolute Gasteiger partial charge is 0.497 e. The van der Waals surface area contributed by atoms with E-state index in [0.29, 0.717) is 10.8 Å². The zero-order chi connectivity index (χ0) is 21.3. The fourth-order valence-electron chi connectivity index (χ4n) is 4.18. The number of hydrogen-bond acceptors (Lipinski definition) is 5. The van der Waals surface area contributed by atoms with Gasteiger partial charge in [0.1, 0.15) is 5.75 Å². The number of benzene rings is 2. The van der Waals surface area contributed by atoms with Gasteiger partial charge in [0.05, 0.1) is 18.3 Å². The molecule has 1 heterocycles. The van der Waals surface area contributed by atoms with E-state index in [9.17, 15) is 0 Å². The Morgan fingerprint density at radius 1 is 1.03 bits per heavy atom. The maximum Gasteiger partial charge on any atom is 0.152 e. The summed E-state index contributed by atoms with van der Waals surface area (Å²) < 4.78 is 5.44. The molecule has 4 rings (SSSR count). The standard InChI is InChI=1S/C24H27ClN4O/c1-14-20(26)10-9-18(23(14)27)24-19-13-17(30-2)8-11-21(19)28-22(29-24)12-5-15-3-6-16(25)7-4-15/h3-8,11-14,18,20,23H,9-10,26-27H2,1-2H3/b12-5-. The highest BCUT2D eigenvalue weighted by molar-refractivity contribution is 6.30. The van der Waals surface area contributed by atoms with Gasteiger partial charge in [-0.3, -0.25) is 0 Å². The van der Waals surface area contributed by atoms with Gasteiger partial charge in [-0.1, -0.05) is 36.7 Å². The van der Waals surface area contributed by atoms with Crippen molar-refractivity contribution >= 4 is 34.7 Å². The number of fused-ring (bicyclic) bond motifs is 1. The summed E-state index contributed by atoms with van der Waals surface area (Å²) in [6.07, 6.45) is 5.77. The van der Waals surface area contributed by atoms with Crippen LogP contribution in [0.25, 0.3) is 23.1 Å².